The van der Waals surface area contributed by atoms with E-state index in [1.54, 1.807) is 10.9 Å². The van der Waals surface area contributed by atoms with E-state index < -0.39 is 0 Å². The summed E-state index contributed by atoms with van der Waals surface area (Å²) < 4.78 is 2.76. The molecule has 0 unspecified atom stereocenters. The number of rotatable bonds is 1. The molecule has 0 atom stereocenters. The van der Waals surface area contributed by atoms with Gasteiger partial charge in [0.1, 0.15) is 5.82 Å². The van der Waals surface area contributed by atoms with Gasteiger partial charge < -0.3 is 5.73 Å². The molecule has 0 amide bonds. The first-order valence-corrected chi connectivity index (χ1v) is 6.50. The van der Waals surface area contributed by atoms with Gasteiger partial charge in [0.15, 0.2) is 0 Å². The highest BCUT2D eigenvalue weighted by atomic mass is 79.9. The molecule has 0 aliphatic carbocycles. The third kappa shape index (κ3) is 1.88. The van der Waals surface area contributed by atoms with Crippen molar-refractivity contribution in [2.45, 2.75) is 6.42 Å². The first-order chi connectivity index (χ1) is 8.75. The Hall–Kier alpha value is -1.81. The fourth-order valence-electron chi connectivity index (χ4n) is 2.08. The fourth-order valence-corrected chi connectivity index (χ4v) is 2.50. The van der Waals surface area contributed by atoms with E-state index in [1.165, 1.54) is 5.56 Å². The van der Waals surface area contributed by atoms with Crippen molar-refractivity contribution in [3.63, 3.8) is 0 Å². The van der Waals surface area contributed by atoms with E-state index in [-0.39, 0.29) is 0 Å². The van der Waals surface area contributed by atoms with Crippen LogP contribution in [-0.4, -0.2) is 9.78 Å². The van der Waals surface area contributed by atoms with Gasteiger partial charge in [0.05, 0.1) is 16.4 Å². The van der Waals surface area contributed by atoms with E-state index in [4.69, 9.17) is 5.73 Å². The molecule has 2 heterocycles. The number of hydrogen-bond acceptors (Lipinski definition) is 2. The highest BCUT2D eigenvalue weighted by Crippen LogP contribution is 2.26. The molecule has 1 aromatic carbocycles. The zero-order valence-electron chi connectivity index (χ0n) is 9.68. The average Bonchev–Trinajstić information content (AvgIpc) is 2.67. The molecule has 0 spiro atoms. The van der Waals surface area contributed by atoms with Crippen molar-refractivity contribution in [3.05, 3.63) is 64.4 Å². The molecule has 3 nitrogen and oxygen atoms in total. The van der Waals surface area contributed by atoms with Gasteiger partial charge >= 0.3 is 0 Å². The van der Waals surface area contributed by atoms with Crippen LogP contribution in [0.25, 0.3) is 11.4 Å². The van der Waals surface area contributed by atoms with Gasteiger partial charge in [-0.1, -0.05) is 36.4 Å². The Balaban J connectivity index is 2.07. The molecule has 18 heavy (non-hydrogen) atoms. The number of nitrogens with zero attached hydrogens (tertiary/aromatic N) is 2. The van der Waals surface area contributed by atoms with Gasteiger partial charge in [-0.15, -0.1) is 0 Å². The molecule has 3 rings (SSSR count). The third-order valence-corrected chi connectivity index (χ3v) is 3.65. The van der Waals surface area contributed by atoms with Crippen molar-refractivity contribution < 1.29 is 0 Å². The zero-order chi connectivity index (χ0) is 12.5. The lowest BCUT2D eigenvalue weighted by Crippen LogP contribution is -2.09. The predicted molar refractivity (Wildman–Crippen MR) is 76.5 cm³/mol. The SMILES string of the molecule is NC1=CC(c2ccccc2)=CCc2c(Br)cnn21. The molecule has 0 fully saturated rings. The number of fused-ring (bicyclic) bond motifs is 1. The van der Waals surface area contributed by atoms with E-state index in [2.05, 4.69) is 39.2 Å². The van der Waals surface area contributed by atoms with E-state index in [1.807, 2.05) is 24.3 Å². The van der Waals surface area contributed by atoms with Crippen molar-refractivity contribution in [2.75, 3.05) is 0 Å². The van der Waals surface area contributed by atoms with E-state index >= 15 is 0 Å². The van der Waals surface area contributed by atoms with Crippen LogP contribution in [0.3, 0.4) is 0 Å². The Bertz CT molecular complexity index is 638. The predicted octanol–water partition coefficient (Wildman–Crippen LogP) is 3.04. The third-order valence-electron chi connectivity index (χ3n) is 2.99. The summed E-state index contributed by atoms with van der Waals surface area (Å²) in [5.41, 5.74) is 9.46. The van der Waals surface area contributed by atoms with Gasteiger partial charge in [0.25, 0.3) is 0 Å². The van der Waals surface area contributed by atoms with Gasteiger partial charge in [-0.2, -0.15) is 5.10 Å². The summed E-state index contributed by atoms with van der Waals surface area (Å²) in [6.45, 7) is 0. The number of halogens is 1. The van der Waals surface area contributed by atoms with Crippen molar-refractivity contribution in [1.29, 1.82) is 0 Å². The highest BCUT2D eigenvalue weighted by molar-refractivity contribution is 9.10. The van der Waals surface area contributed by atoms with Gasteiger partial charge in [0, 0.05) is 6.42 Å². The normalized spacial score (nSPS) is 14.5. The Morgan fingerprint density at radius 2 is 2.00 bits per heavy atom. The fraction of sp³-hybridized carbons (Fsp3) is 0.0714. The van der Waals surface area contributed by atoms with Crippen molar-refractivity contribution in [3.8, 4) is 0 Å². The minimum absolute atomic E-state index is 0.642. The molecule has 0 bridgehead atoms. The minimum Gasteiger partial charge on any atom is -0.384 e. The molecule has 1 aliphatic rings. The molecular formula is C14H12BrN3. The molecule has 2 N–H and O–H groups in total. The summed E-state index contributed by atoms with van der Waals surface area (Å²) in [4.78, 5) is 0. The molecule has 0 radical (unpaired) electrons. The Morgan fingerprint density at radius 1 is 1.22 bits per heavy atom. The summed E-state index contributed by atoms with van der Waals surface area (Å²) in [6.07, 6.45) is 6.72. The minimum atomic E-state index is 0.642. The maximum atomic E-state index is 6.09. The van der Waals surface area contributed by atoms with Gasteiger partial charge in [0.2, 0.25) is 0 Å². The van der Waals surface area contributed by atoms with Crippen LogP contribution in [-0.2, 0) is 6.42 Å². The molecule has 0 saturated carbocycles. The zero-order valence-corrected chi connectivity index (χ0v) is 11.3. The number of hydrogen-bond donors (Lipinski definition) is 1. The molecule has 2 aromatic rings. The molecule has 4 heteroatoms. The van der Waals surface area contributed by atoms with Crippen LogP contribution in [0.1, 0.15) is 11.3 Å². The molecule has 90 valence electrons. The summed E-state index contributed by atoms with van der Waals surface area (Å²) in [6, 6.07) is 10.2. The summed E-state index contributed by atoms with van der Waals surface area (Å²) in [5.74, 6) is 0.642. The van der Waals surface area contributed by atoms with Gasteiger partial charge in [-0.3, -0.25) is 0 Å². The first kappa shape index (κ1) is 11.3. The maximum Gasteiger partial charge on any atom is 0.125 e. The van der Waals surface area contributed by atoms with Crippen LogP contribution in [0, 0.1) is 0 Å². The number of benzene rings is 1. The smallest absolute Gasteiger partial charge is 0.125 e. The molecule has 0 saturated heterocycles. The van der Waals surface area contributed by atoms with Crippen molar-refractivity contribution in [1.82, 2.24) is 9.78 Å². The lowest BCUT2D eigenvalue weighted by molar-refractivity contribution is 0.839. The Morgan fingerprint density at radius 3 is 2.78 bits per heavy atom. The van der Waals surface area contributed by atoms with E-state index in [9.17, 15) is 0 Å². The number of aromatic nitrogens is 2. The van der Waals surface area contributed by atoms with Gasteiger partial charge in [-0.05, 0) is 33.1 Å². The standard InChI is InChI=1S/C14H12BrN3/c15-12-9-17-18-13(12)7-6-11(8-14(18)16)10-4-2-1-3-5-10/h1-6,8-9H,7,16H2. The van der Waals surface area contributed by atoms with Crippen LogP contribution in [0.5, 0.6) is 0 Å². The second-order valence-electron chi connectivity index (χ2n) is 4.15. The lowest BCUT2D eigenvalue weighted by atomic mass is 10.0. The van der Waals surface area contributed by atoms with Crippen molar-refractivity contribution in [2.24, 2.45) is 5.73 Å². The second kappa shape index (κ2) is 4.46. The maximum absolute atomic E-state index is 6.09. The Kier molecular flexibility index (Phi) is 2.80. The topological polar surface area (TPSA) is 43.8 Å². The van der Waals surface area contributed by atoms with Crippen LogP contribution in [0.4, 0.5) is 0 Å². The van der Waals surface area contributed by atoms with Crippen LogP contribution in [0.15, 0.2) is 53.2 Å². The summed E-state index contributed by atoms with van der Waals surface area (Å²) in [5, 5.41) is 4.27. The first-order valence-electron chi connectivity index (χ1n) is 5.71. The number of nitrogens with two attached hydrogens (primary N) is 1. The van der Waals surface area contributed by atoms with E-state index in [0.29, 0.717) is 5.82 Å². The summed E-state index contributed by atoms with van der Waals surface area (Å²) in [7, 11) is 0. The number of allylic oxidation sites excluding steroid dienone is 3. The summed E-state index contributed by atoms with van der Waals surface area (Å²) >= 11 is 3.50. The highest BCUT2D eigenvalue weighted by Gasteiger charge is 2.13. The second-order valence-corrected chi connectivity index (χ2v) is 5.00. The van der Waals surface area contributed by atoms with E-state index in [0.717, 1.165) is 22.2 Å². The average molecular weight is 302 g/mol. The monoisotopic (exact) mass is 301 g/mol. The molecule has 1 aromatic heterocycles. The quantitative estimate of drug-likeness (QED) is 0.880. The Labute approximate surface area is 114 Å². The van der Waals surface area contributed by atoms with Crippen LogP contribution in [0.2, 0.25) is 0 Å². The molecular weight excluding hydrogens is 290 g/mol. The van der Waals surface area contributed by atoms with Gasteiger partial charge in [-0.25, -0.2) is 4.68 Å². The van der Waals surface area contributed by atoms with Crippen molar-refractivity contribution >= 4 is 27.3 Å². The lowest BCUT2D eigenvalue weighted by Gasteiger charge is -2.04. The largest absolute Gasteiger partial charge is 0.384 e. The van der Waals surface area contributed by atoms with Crippen LogP contribution < -0.4 is 5.73 Å². The molecule has 1 aliphatic heterocycles. The van der Waals surface area contributed by atoms with Crippen LogP contribution >= 0.6 is 15.9 Å².